The third-order valence-electron chi connectivity index (χ3n) is 4.20. The van der Waals surface area contributed by atoms with Gasteiger partial charge in [0, 0.05) is 20.5 Å². The van der Waals surface area contributed by atoms with Crippen LogP contribution in [0.5, 0.6) is 0 Å². The smallest absolute Gasteiger partial charge is 0.412 e. The summed E-state index contributed by atoms with van der Waals surface area (Å²) in [5.41, 5.74) is -1.36. The number of carbonyl (C=O) groups is 1. The number of aromatic nitrogens is 2. The number of guanidine groups is 1. The summed E-state index contributed by atoms with van der Waals surface area (Å²) in [6, 6.07) is -0.226. The van der Waals surface area contributed by atoms with E-state index < -0.39 is 17.4 Å². The number of carbonyl (C=O) groups excluding carboxylic acids is 1. The normalized spacial score (nSPS) is 22.3. The maximum atomic E-state index is 12.8. The zero-order chi connectivity index (χ0) is 21.1. The van der Waals surface area contributed by atoms with Crippen LogP contribution in [0.4, 0.5) is 4.79 Å². The summed E-state index contributed by atoms with van der Waals surface area (Å²) in [6.45, 7) is 13.7. The van der Waals surface area contributed by atoms with E-state index in [-0.39, 0.29) is 12.1 Å². The molecule has 0 bridgehead atoms. The average Bonchev–Trinajstić information content (AvgIpc) is 3.05. The molecule has 2 atom stereocenters. The molecule has 1 saturated heterocycles. The fourth-order valence-electron chi connectivity index (χ4n) is 3.12. The third kappa shape index (κ3) is 5.57. The van der Waals surface area contributed by atoms with Gasteiger partial charge >= 0.3 is 6.09 Å². The van der Waals surface area contributed by atoms with Gasteiger partial charge in [-0.05, 0) is 41.5 Å². The van der Waals surface area contributed by atoms with Crippen LogP contribution in [-0.2, 0) is 16.0 Å². The van der Waals surface area contributed by atoms with Crippen molar-refractivity contribution in [1.82, 2.24) is 25.7 Å². The monoisotopic (exact) mass is 396 g/mol. The number of nitrogens with zero attached hydrogens (tertiary/aromatic N) is 4. The van der Waals surface area contributed by atoms with E-state index in [4.69, 9.17) is 14.0 Å². The Morgan fingerprint density at radius 2 is 2.04 bits per heavy atom. The number of nitrogens with one attached hydrogen (secondary N) is 2. The summed E-state index contributed by atoms with van der Waals surface area (Å²) in [7, 11) is 1.67. The van der Waals surface area contributed by atoms with Crippen molar-refractivity contribution in [3.8, 4) is 0 Å². The Kier molecular flexibility index (Phi) is 6.53. The molecule has 0 radical (unpaired) electrons. The topological polar surface area (TPSA) is 114 Å². The van der Waals surface area contributed by atoms with E-state index in [9.17, 15) is 4.79 Å². The predicted octanol–water partition coefficient (Wildman–Crippen LogP) is 1.80. The lowest BCUT2D eigenvalue weighted by molar-refractivity contribution is -0.0755. The molecule has 28 heavy (non-hydrogen) atoms. The largest absolute Gasteiger partial charge is 0.444 e. The lowest BCUT2D eigenvalue weighted by atomic mass is 10.1. The highest BCUT2D eigenvalue weighted by atomic mass is 16.6. The zero-order valence-electron chi connectivity index (χ0n) is 18.0. The summed E-state index contributed by atoms with van der Waals surface area (Å²) in [6.07, 6.45) is -0.577. The van der Waals surface area contributed by atoms with Gasteiger partial charge in [0.25, 0.3) is 0 Å². The van der Waals surface area contributed by atoms with E-state index in [1.165, 1.54) is 0 Å². The molecule has 1 aromatic rings. The highest BCUT2D eigenvalue weighted by molar-refractivity contribution is 5.79. The molecule has 158 valence electrons. The lowest BCUT2D eigenvalue weighted by Gasteiger charge is -2.35. The van der Waals surface area contributed by atoms with Crippen molar-refractivity contribution in [3.63, 3.8) is 0 Å². The first-order valence-electron chi connectivity index (χ1n) is 9.37. The zero-order valence-corrected chi connectivity index (χ0v) is 18.0. The van der Waals surface area contributed by atoms with Gasteiger partial charge in [0.05, 0.1) is 18.7 Å². The molecule has 10 nitrogen and oxygen atoms in total. The second kappa shape index (κ2) is 8.34. The predicted molar refractivity (Wildman–Crippen MR) is 104 cm³/mol. The maximum Gasteiger partial charge on any atom is 0.412 e. The second-order valence-corrected chi connectivity index (χ2v) is 8.22. The molecule has 2 unspecified atom stereocenters. The molecule has 2 N–H and O–H groups in total. The molecule has 0 spiro atoms. The average molecular weight is 396 g/mol. The molecular weight excluding hydrogens is 364 g/mol. The van der Waals surface area contributed by atoms with Crippen LogP contribution in [0.15, 0.2) is 9.52 Å². The molecule has 2 heterocycles. The van der Waals surface area contributed by atoms with Crippen LogP contribution in [-0.4, -0.2) is 64.2 Å². The molecule has 1 aromatic heterocycles. The molecule has 1 fully saturated rings. The molecule has 1 aliphatic heterocycles. The number of hydrogen-bond donors (Lipinski definition) is 2. The molecular formula is C18H32N6O4. The van der Waals surface area contributed by atoms with Crippen LogP contribution in [0.3, 0.4) is 0 Å². The Labute approximate surface area is 166 Å². The molecule has 0 aromatic carbocycles. The Bertz CT molecular complexity index is 709. The van der Waals surface area contributed by atoms with Crippen LogP contribution in [0.2, 0.25) is 0 Å². The Balaban J connectivity index is 2.01. The summed E-state index contributed by atoms with van der Waals surface area (Å²) in [5, 5.41) is 10.2. The van der Waals surface area contributed by atoms with Crippen LogP contribution < -0.4 is 10.6 Å². The SMILES string of the molecule is CN=C(NCc1noc(C)n1)NCC1C(C)OC(C)(C)N1C(=O)OC(C)(C)C. The summed E-state index contributed by atoms with van der Waals surface area (Å²) < 4.78 is 16.5. The van der Waals surface area contributed by atoms with Gasteiger partial charge in [0.1, 0.15) is 11.3 Å². The van der Waals surface area contributed by atoms with Crippen molar-refractivity contribution in [3.05, 3.63) is 11.7 Å². The summed E-state index contributed by atoms with van der Waals surface area (Å²) in [5.74, 6) is 1.60. The molecule has 1 aliphatic rings. The quantitative estimate of drug-likeness (QED) is 0.585. The van der Waals surface area contributed by atoms with Crippen molar-refractivity contribution >= 4 is 12.1 Å². The van der Waals surface area contributed by atoms with Crippen molar-refractivity contribution in [2.45, 2.75) is 78.5 Å². The van der Waals surface area contributed by atoms with Gasteiger partial charge < -0.3 is 24.6 Å². The van der Waals surface area contributed by atoms with Gasteiger partial charge in [-0.25, -0.2) is 4.79 Å². The fraction of sp³-hybridized carbons (Fsp3) is 0.778. The minimum absolute atomic E-state index is 0.173. The first-order valence-corrected chi connectivity index (χ1v) is 9.37. The number of rotatable bonds is 4. The lowest BCUT2D eigenvalue weighted by Crippen LogP contribution is -2.54. The Hall–Kier alpha value is -2.36. The number of aliphatic imine (C=N–C) groups is 1. The molecule has 1 amide bonds. The van der Waals surface area contributed by atoms with Gasteiger partial charge in [-0.2, -0.15) is 4.98 Å². The first-order chi connectivity index (χ1) is 12.9. The fourth-order valence-corrected chi connectivity index (χ4v) is 3.12. The minimum atomic E-state index is -0.771. The van der Waals surface area contributed by atoms with E-state index in [0.717, 1.165) is 0 Å². The van der Waals surface area contributed by atoms with E-state index in [1.54, 1.807) is 18.9 Å². The van der Waals surface area contributed by atoms with E-state index in [0.29, 0.717) is 30.8 Å². The molecule has 0 aliphatic carbocycles. The second-order valence-electron chi connectivity index (χ2n) is 8.22. The van der Waals surface area contributed by atoms with Crippen LogP contribution in [0, 0.1) is 6.92 Å². The van der Waals surface area contributed by atoms with Crippen LogP contribution in [0.1, 0.15) is 53.3 Å². The van der Waals surface area contributed by atoms with Gasteiger partial charge in [0.2, 0.25) is 5.89 Å². The number of amides is 1. The van der Waals surface area contributed by atoms with Crippen molar-refractivity contribution in [1.29, 1.82) is 0 Å². The van der Waals surface area contributed by atoms with E-state index in [2.05, 4.69) is 25.8 Å². The molecule has 0 saturated carbocycles. The third-order valence-corrected chi connectivity index (χ3v) is 4.20. The van der Waals surface area contributed by atoms with Gasteiger partial charge in [-0.3, -0.25) is 9.89 Å². The minimum Gasteiger partial charge on any atom is -0.444 e. The standard InChI is InChI=1S/C18H32N6O4/c1-11-13(24(18(6,7)26-11)16(25)27-17(3,4)5)9-20-15(19-8)21-10-14-22-12(2)28-23-14/h11,13H,9-10H2,1-8H3,(H2,19,20,21). The highest BCUT2D eigenvalue weighted by Gasteiger charge is 2.49. The van der Waals surface area contributed by atoms with E-state index in [1.807, 2.05) is 41.5 Å². The van der Waals surface area contributed by atoms with Crippen LogP contribution in [0.25, 0.3) is 0 Å². The Morgan fingerprint density at radius 3 is 2.57 bits per heavy atom. The summed E-state index contributed by atoms with van der Waals surface area (Å²) >= 11 is 0. The summed E-state index contributed by atoms with van der Waals surface area (Å²) in [4.78, 5) is 22.8. The van der Waals surface area contributed by atoms with Gasteiger partial charge in [-0.1, -0.05) is 5.16 Å². The van der Waals surface area contributed by atoms with E-state index >= 15 is 0 Å². The van der Waals surface area contributed by atoms with Gasteiger partial charge in [0.15, 0.2) is 11.8 Å². The van der Waals surface area contributed by atoms with Crippen molar-refractivity contribution in [2.24, 2.45) is 4.99 Å². The van der Waals surface area contributed by atoms with Gasteiger partial charge in [-0.15, -0.1) is 0 Å². The number of aryl methyl sites for hydroxylation is 1. The maximum absolute atomic E-state index is 12.8. The molecule has 10 heteroatoms. The molecule has 2 rings (SSSR count). The number of hydrogen-bond acceptors (Lipinski definition) is 7. The first kappa shape index (κ1) is 21.9. The number of ether oxygens (including phenoxy) is 2. The highest BCUT2D eigenvalue weighted by Crippen LogP contribution is 2.33. The van der Waals surface area contributed by atoms with Crippen LogP contribution >= 0.6 is 0 Å². The van der Waals surface area contributed by atoms with Crippen molar-refractivity contribution < 1.29 is 18.8 Å². The van der Waals surface area contributed by atoms with Crippen molar-refractivity contribution in [2.75, 3.05) is 13.6 Å². The Morgan fingerprint density at radius 1 is 1.36 bits per heavy atom.